The zero-order chi connectivity index (χ0) is 17.4. The third kappa shape index (κ3) is 2.82. The highest BCUT2D eigenvalue weighted by molar-refractivity contribution is 6.05. The van der Waals surface area contributed by atoms with Gasteiger partial charge in [0.25, 0.3) is 5.91 Å². The predicted octanol–water partition coefficient (Wildman–Crippen LogP) is 0.696. The summed E-state index contributed by atoms with van der Waals surface area (Å²) in [6.45, 7) is 0. The summed E-state index contributed by atoms with van der Waals surface area (Å²) in [4.78, 5) is 35.1. The molecule has 25 heavy (non-hydrogen) atoms. The standard InChI is InChI=1S/C17H16N4O4/c22-15-14(20-17(24)21-15)19-16(23)18-13-9-5-1-3-7-11(9)25-12-8-4-2-6-10(12)13/h1-9,11,13-14H,(H2,18,19,23)(H2,20,21,22,24). The third-order valence-electron chi connectivity index (χ3n) is 4.36. The molecule has 128 valence electrons. The van der Waals surface area contributed by atoms with Gasteiger partial charge in [0.1, 0.15) is 11.9 Å². The van der Waals surface area contributed by atoms with Crippen molar-refractivity contribution >= 4 is 18.0 Å². The number of allylic oxidation sites excluding steroid dienone is 2. The number of fused-ring (bicyclic) bond motifs is 2. The van der Waals surface area contributed by atoms with E-state index in [2.05, 4.69) is 21.3 Å². The molecule has 0 bridgehead atoms. The average molecular weight is 340 g/mol. The van der Waals surface area contributed by atoms with Gasteiger partial charge in [-0.2, -0.15) is 0 Å². The summed E-state index contributed by atoms with van der Waals surface area (Å²) in [7, 11) is 0. The van der Waals surface area contributed by atoms with Gasteiger partial charge in [0.2, 0.25) is 0 Å². The van der Waals surface area contributed by atoms with Gasteiger partial charge < -0.3 is 20.7 Å². The van der Waals surface area contributed by atoms with Crippen LogP contribution in [-0.2, 0) is 4.79 Å². The first-order valence-electron chi connectivity index (χ1n) is 7.91. The molecule has 1 aliphatic carbocycles. The van der Waals surface area contributed by atoms with Crippen LogP contribution in [0.5, 0.6) is 5.75 Å². The number of carbonyl (C=O) groups excluding carboxylic acids is 3. The number of urea groups is 2. The Kier molecular flexibility index (Phi) is 3.64. The molecule has 1 aromatic rings. The van der Waals surface area contributed by atoms with E-state index < -0.39 is 24.1 Å². The van der Waals surface area contributed by atoms with Crippen molar-refractivity contribution in [1.29, 1.82) is 0 Å². The Morgan fingerprint density at radius 2 is 1.88 bits per heavy atom. The highest BCUT2D eigenvalue weighted by Gasteiger charge is 2.38. The second-order valence-electron chi connectivity index (χ2n) is 5.96. The Morgan fingerprint density at radius 3 is 2.68 bits per heavy atom. The Morgan fingerprint density at radius 1 is 1.08 bits per heavy atom. The molecule has 4 rings (SSSR count). The molecule has 0 saturated carbocycles. The van der Waals surface area contributed by atoms with Crippen molar-refractivity contribution in [3.8, 4) is 5.75 Å². The highest BCUT2D eigenvalue weighted by Crippen LogP contribution is 2.40. The van der Waals surface area contributed by atoms with E-state index in [1.165, 1.54) is 0 Å². The van der Waals surface area contributed by atoms with Crippen LogP contribution in [0.15, 0.2) is 48.6 Å². The Labute approximate surface area is 143 Å². The molecule has 0 radical (unpaired) electrons. The Hall–Kier alpha value is -3.29. The van der Waals surface area contributed by atoms with Crippen LogP contribution in [0.2, 0.25) is 0 Å². The Bertz CT molecular complexity index is 804. The number of hydrogen-bond donors (Lipinski definition) is 4. The smallest absolute Gasteiger partial charge is 0.323 e. The number of imide groups is 1. The first kappa shape index (κ1) is 15.3. The molecule has 3 aliphatic rings. The van der Waals surface area contributed by atoms with Crippen molar-refractivity contribution in [2.75, 3.05) is 0 Å². The molecule has 4 unspecified atom stereocenters. The summed E-state index contributed by atoms with van der Waals surface area (Å²) in [5, 5.41) is 9.74. The van der Waals surface area contributed by atoms with E-state index in [0.717, 1.165) is 5.56 Å². The summed E-state index contributed by atoms with van der Waals surface area (Å²) in [6.07, 6.45) is 6.48. The van der Waals surface area contributed by atoms with Crippen LogP contribution in [0, 0.1) is 5.92 Å². The lowest BCUT2D eigenvalue weighted by Gasteiger charge is -2.38. The van der Waals surface area contributed by atoms with Gasteiger partial charge in [0.05, 0.1) is 6.04 Å². The summed E-state index contributed by atoms with van der Waals surface area (Å²) in [5.74, 6) is 0.0458. The van der Waals surface area contributed by atoms with Crippen LogP contribution in [0.4, 0.5) is 9.59 Å². The van der Waals surface area contributed by atoms with Gasteiger partial charge in [-0.05, 0) is 12.1 Å². The molecule has 4 N–H and O–H groups in total. The van der Waals surface area contributed by atoms with Gasteiger partial charge in [-0.25, -0.2) is 9.59 Å². The van der Waals surface area contributed by atoms with Crippen LogP contribution in [0.1, 0.15) is 11.6 Å². The van der Waals surface area contributed by atoms with Crippen molar-refractivity contribution in [1.82, 2.24) is 21.3 Å². The number of amides is 5. The van der Waals surface area contributed by atoms with E-state index >= 15 is 0 Å². The molecule has 8 nitrogen and oxygen atoms in total. The second kappa shape index (κ2) is 5.97. The lowest BCUT2D eigenvalue weighted by atomic mass is 9.83. The Balaban J connectivity index is 1.54. The highest BCUT2D eigenvalue weighted by atomic mass is 16.5. The van der Waals surface area contributed by atoms with Gasteiger partial charge in [-0.3, -0.25) is 10.1 Å². The fourth-order valence-corrected chi connectivity index (χ4v) is 3.23. The minimum Gasteiger partial charge on any atom is -0.485 e. The number of rotatable bonds is 2. The first-order valence-corrected chi connectivity index (χ1v) is 7.91. The fourth-order valence-electron chi connectivity index (χ4n) is 3.23. The normalized spacial score (nSPS) is 29.0. The van der Waals surface area contributed by atoms with E-state index in [1.807, 2.05) is 48.6 Å². The van der Waals surface area contributed by atoms with Crippen LogP contribution in [-0.4, -0.2) is 30.2 Å². The van der Waals surface area contributed by atoms with Crippen molar-refractivity contribution in [2.45, 2.75) is 18.3 Å². The van der Waals surface area contributed by atoms with E-state index in [9.17, 15) is 14.4 Å². The van der Waals surface area contributed by atoms with Crippen LogP contribution in [0.3, 0.4) is 0 Å². The molecule has 1 aromatic carbocycles. The molecule has 8 heteroatoms. The molecule has 5 amide bonds. The predicted molar refractivity (Wildman–Crippen MR) is 87.5 cm³/mol. The first-order chi connectivity index (χ1) is 12.1. The van der Waals surface area contributed by atoms with Gasteiger partial charge in [-0.15, -0.1) is 0 Å². The third-order valence-corrected chi connectivity index (χ3v) is 4.36. The molecule has 1 saturated heterocycles. The molecule has 2 aliphatic heterocycles. The van der Waals surface area contributed by atoms with Crippen molar-refractivity contribution < 1.29 is 19.1 Å². The number of hydrogen-bond acceptors (Lipinski definition) is 4. The maximum atomic E-state index is 12.4. The van der Waals surface area contributed by atoms with Crippen molar-refractivity contribution in [3.63, 3.8) is 0 Å². The van der Waals surface area contributed by atoms with E-state index in [-0.39, 0.29) is 18.1 Å². The molecule has 0 spiro atoms. The summed E-state index contributed by atoms with van der Waals surface area (Å²) >= 11 is 0. The monoisotopic (exact) mass is 340 g/mol. The number of carbonyl (C=O) groups is 3. The van der Waals surface area contributed by atoms with Gasteiger partial charge in [0, 0.05) is 11.5 Å². The van der Waals surface area contributed by atoms with Gasteiger partial charge in [0.15, 0.2) is 6.17 Å². The number of para-hydroxylation sites is 1. The van der Waals surface area contributed by atoms with E-state index in [4.69, 9.17) is 4.74 Å². The van der Waals surface area contributed by atoms with Crippen LogP contribution >= 0.6 is 0 Å². The second-order valence-corrected chi connectivity index (χ2v) is 5.96. The van der Waals surface area contributed by atoms with Gasteiger partial charge >= 0.3 is 12.1 Å². The number of benzene rings is 1. The van der Waals surface area contributed by atoms with Gasteiger partial charge in [-0.1, -0.05) is 36.4 Å². The summed E-state index contributed by atoms with van der Waals surface area (Å²) in [5.41, 5.74) is 0.860. The SMILES string of the molecule is O=C1NC(=O)C(NC(=O)NC2c3ccccc3OC3C=CC=CC32)N1. The number of ether oxygens (including phenoxy) is 1. The van der Waals surface area contributed by atoms with Crippen molar-refractivity contribution in [3.05, 3.63) is 54.1 Å². The zero-order valence-corrected chi connectivity index (χ0v) is 13.1. The minimum absolute atomic E-state index is 0.0716. The molecule has 0 aromatic heterocycles. The van der Waals surface area contributed by atoms with E-state index in [0.29, 0.717) is 5.75 Å². The zero-order valence-electron chi connectivity index (χ0n) is 13.1. The molecular weight excluding hydrogens is 324 g/mol. The largest absolute Gasteiger partial charge is 0.485 e. The molecule has 1 fully saturated rings. The topological polar surface area (TPSA) is 109 Å². The maximum absolute atomic E-state index is 12.4. The summed E-state index contributed by atoms with van der Waals surface area (Å²) in [6, 6.07) is 6.00. The molecular formula is C17H16N4O4. The van der Waals surface area contributed by atoms with Crippen LogP contribution < -0.4 is 26.0 Å². The minimum atomic E-state index is -1.08. The molecule has 2 heterocycles. The lowest BCUT2D eigenvalue weighted by Crippen LogP contribution is -2.53. The number of nitrogens with one attached hydrogen (secondary N) is 4. The lowest BCUT2D eigenvalue weighted by molar-refractivity contribution is -0.120. The maximum Gasteiger partial charge on any atom is 0.323 e. The van der Waals surface area contributed by atoms with Crippen molar-refractivity contribution in [2.24, 2.45) is 5.92 Å². The quantitative estimate of drug-likeness (QED) is 0.594. The fraction of sp³-hybridized carbons (Fsp3) is 0.235. The van der Waals surface area contributed by atoms with E-state index in [1.54, 1.807) is 0 Å². The molecule has 4 atom stereocenters. The summed E-state index contributed by atoms with van der Waals surface area (Å²) < 4.78 is 5.98. The average Bonchev–Trinajstić information content (AvgIpc) is 2.91. The van der Waals surface area contributed by atoms with Crippen LogP contribution in [0.25, 0.3) is 0 Å².